The first-order valence-corrected chi connectivity index (χ1v) is 11.4. The maximum atomic E-state index is 14.0. The summed E-state index contributed by atoms with van der Waals surface area (Å²) in [6.07, 6.45) is 3.84. The fraction of sp³-hybridized carbons (Fsp3) is 0.179. The molecular weight excluding hydrogens is 447 g/mol. The quantitative estimate of drug-likeness (QED) is 0.426. The van der Waals surface area contributed by atoms with Gasteiger partial charge in [0.25, 0.3) is 0 Å². The lowest BCUT2D eigenvalue weighted by Gasteiger charge is -2.36. The Kier molecular flexibility index (Phi) is 4.81. The Balaban J connectivity index is 1.47. The summed E-state index contributed by atoms with van der Waals surface area (Å²) in [5.41, 5.74) is 2.47. The van der Waals surface area contributed by atoms with Crippen molar-refractivity contribution in [2.75, 3.05) is 16.9 Å². The first kappa shape index (κ1) is 21.3. The lowest BCUT2D eigenvalue weighted by molar-refractivity contribution is -0.122. The number of rotatable bonds is 4. The molecule has 174 valence electrons. The Morgan fingerprint density at radius 2 is 1.57 bits per heavy atom. The number of ketones is 1. The van der Waals surface area contributed by atoms with Gasteiger partial charge in [0.15, 0.2) is 5.78 Å². The van der Waals surface area contributed by atoms with Crippen molar-refractivity contribution >= 4 is 35.0 Å². The van der Waals surface area contributed by atoms with E-state index in [1.165, 1.54) is 24.3 Å². The molecule has 4 atom stereocenters. The summed E-state index contributed by atoms with van der Waals surface area (Å²) >= 11 is 0. The van der Waals surface area contributed by atoms with Gasteiger partial charge in [-0.3, -0.25) is 14.4 Å². The van der Waals surface area contributed by atoms with Crippen LogP contribution in [0.3, 0.4) is 0 Å². The standard InChI is InChI=1S/C28H21FN2O4/c1-35-20-13-6-17(7-14-20)26(32)25-24-23(22-15-8-16-4-2-3-5-21(16)31(22)25)27(33)30(28(24)34)19-11-9-18(29)10-12-19/h2-15,22-25H,1H3/t22-,23-,24-,25+/m0/s1. The highest BCUT2D eigenvalue weighted by molar-refractivity contribution is 6.25. The maximum Gasteiger partial charge on any atom is 0.240 e. The number of Topliss-reactive ketones (excluding diaryl/α,β-unsaturated/α-hetero) is 1. The average Bonchev–Trinajstić information content (AvgIpc) is 3.37. The Morgan fingerprint density at radius 3 is 2.29 bits per heavy atom. The van der Waals surface area contributed by atoms with Crippen LogP contribution >= 0.6 is 0 Å². The maximum absolute atomic E-state index is 14.0. The van der Waals surface area contributed by atoms with Crippen molar-refractivity contribution in [3.63, 3.8) is 0 Å². The predicted octanol–water partition coefficient (Wildman–Crippen LogP) is 4.11. The average molecular weight is 468 g/mol. The highest BCUT2D eigenvalue weighted by Gasteiger charge is 2.64. The summed E-state index contributed by atoms with van der Waals surface area (Å²) in [4.78, 5) is 44.4. The van der Waals surface area contributed by atoms with Crippen molar-refractivity contribution in [2.24, 2.45) is 11.8 Å². The molecule has 0 aromatic heterocycles. The molecule has 3 aromatic carbocycles. The van der Waals surface area contributed by atoms with Crippen molar-refractivity contribution < 1.29 is 23.5 Å². The molecule has 2 amide bonds. The number of methoxy groups -OCH3 is 1. The van der Waals surface area contributed by atoms with Gasteiger partial charge in [0.05, 0.1) is 30.7 Å². The van der Waals surface area contributed by atoms with Crippen LogP contribution < -0.4 is 14.5 Å². The van der Waals surface area contributed by atoms with E-state index >= 15 is 0 Å². The van der Waals surface area contributed by atoms with Crippen LogP contribution in [0.2, 0.25) is 0 Å². The summed E-state index contributed by atoms with van der Waals surface area (Å²) < 4.78 is 18.7. The number of para-hydroxylation sites is 1. The summed E-state index contributed by atoms with van der Waals surface area (Å²) in [7, 11) is 1.55. The van der Waals surface area contributed by atoms with Gasteiger partial charge in [-0.1, -0.05) is 30.4 Å². The minimum absolute atomic E-state index is 0.239. The highest BCUT2D eigenvalue weighted by atomic mass is 19.1. The van der Waals surface area contributed by atoms with E-state index in [0.29, 0.717) is 17.0 Å². The Hall–Kier alpha value is -4.26. The largest absolute Gasteiger partial charge is 0.497 e. The summed E-state index contributed by atoms with van der Waals surface area (Å²) in [5, 5.41) is 0. The van der Waals surface area contributed by atoms with E-state index in [0.717, 1.165) is 16.2 Å². The van der Waals surface area contributed by atoms with Crippen LogP contribution in [0.4, 0.5) is 15.8 Å². The molecule has 0 N–H and O–H groups in total. The van der Waals surface area contributed by atoms with Crippen molar-refractivity contribution in [3.8, 4) is 5.75 Å². The summed E-state index contributed by atoms with van der Waals surface area (Å²) in [6.45, 7) is 0. The molecule has 2 saturated heterocycles. The molecule has 3 aliphatic heterocycles. The zero-order valence-corrected chi connectivity index (χ0v) is 18.8. The third-order valence-corrected chi connectivity index (χ3v) is 7.14. The topological polar surface area (TPSA) is 66.9 Å². The molecule has 0 bridgehead atoms. The minimum Gasteiger partial charge on any atom is -0.497 e. The van der Waals surface area contributed by atoms with Gasteiger partial charge in [-0.15, -0.1) is 0 Å². The number of anilines is 2. The number of benzene rings is 3. The Labute approximate surface area is 201 Å². The third-order valence-electron chi connectivity index (χ3n) is 7.14. The monoisotopic (exact) mass is 468 g/mol. The van der Waals surface area contributed by atoms with Crippen molar-refractivity contribution in [2.45, 2.75) is 12.1 Å². The second kappa shape index (κ2) is 7.91. The Morgan fingerprint density at radius 1 is 0.886 bits per heavy atom. The number of ether oxygens (including phenoxy) is 1. The van der Waals surface area contributed by atoms with Crippen LogP contribution in [-0.4, -0.2) is 36.8 Å². The third kappa shape index (κ3) is 3.11. The molecule has 2 fully saturated rings. The van der Waals surface area contributed by atoms with Crippen LogP contribution in [0.1, 0.15) is 15.9 Å². The van der Waals surface area contributed by atoms with E-state index in [1.54, 1.807) is 31.4 Å². The number of imide groups is 1. The van der Waals surface area contributed by atoms with Crippen LogP contribution in [0, 0.1) is 17.7 Å². The molecular formula is C28H21FN2O4. The predicted molar refractivity (Wildman–Crippen MR) is 129 cm³/mol. The zero-order valence-electron chi connectivity index (χ0n) is 18.8. The summed E-state index contributed by atoms with van der Waals surface area (Å²) in [5.74, 6) is -2.51. The fourth-order valence-electron chi connectivity index (χ4n) is 5.58. The van der Waals surface area contributed by atoms with Crippen LogP contribution in [0.5, 0.6) is 5.75 Å². The van der Waals surface area contributed by atoms with Gasteiger partial charge in [-0.2, -0.15) is 0 Å². The number of nitrogens with zero attached hydrogens (tertiary/aromatic N) is 2. The van der Waals surface area contributed by atoms with Gasteiger partial charge in [0.2, 0.25) is 11.8 Å². The van der Waals surface area contributed by atoms with Crippen LogP contribution in [0.25, 0.3) is 6.08 Å². The first-order chi connectivity index (χ1) is 17.0. The Bertz CT molecular complexity index is 1380. The van der Waals surface area contributed by atoms with E-state index in [-0.39, 0.29) is 11.7 Å². The van der Waals surface area contributed by atoms with Gasteiger partial charge >= 0.3 is 0 Å². The van der Waals surface area contributed by atoms with E-state index in [1.807, 2.05) is 41.3 Å². The second-order valence-corrected chi connectivity index (χ2v) is 8.89. The van der Waals surface area contributed by atoms with Gasteiger partial charge in [0, 0.05) is 11.3 Å². The number of amides is 2. The van der Waals surface area contributed by atoms with E-state index in [2.05, 4.69) is 0 Å². The van der Waals surface area contributed by atoms with Crippen molar-refractivity contribution in [3.05, 3.63) is 95.8 Å². The SMILES string of the molecule is COc1ccc(C(=O)[C@H]2[C@H]3C(=O)N(c4ccc(F)cc4)C(=O)[C@H]3[C@@H]3C=Cc4ccccc4N32)cc1. The number of carbonyl (C=O) groups is 3. The van der Waals surface area contributed by atoms with Crippen LogP contribution in [0.15, 0.2) is 78.9 Å². The number of carbonyl (C=O) groups excluding carboxylic acids is 3. The molecule has 0 saturated carbocycles. The smallest absolute Gasteiger partial charge is 0.240 e. The highest BCUT2D eigenvalue weighted by Crippen LogP contribution is 2.49. The van der Waals surface area contributed by atoms with Gasteiger partial charge in [-0.25, -0.2) is 9.29 Å². The molecule has 3 aliphatic rings. The molecule has 3 heterocycles. The fourth-order valence-corrected chi connectivity index (χ4v) is 5.58. The summed E-state index contributed by atoms with van der Waals surface area (Å²) in [6, 6.07) is 18.3. The molecule has 3 aromatic rings. The molecule has 35 heavy (non-hydrogen) atoms. The molecule has 0 radical (unpaired) electrons. The molecule has 7 heteroatoms. The van der Waals surface area contributed by atoms with Gasteiger partial charge in [0.1, 0.15) is 17.6 Å². The lowest BCUT2D eigenvalue weighted by atomic mass is 9.86. The minimum atomic E-state index is -0.872. The van der Waals surface area contributed by atoms with Gasteiger partial charge < -0.3 is 9.64 Å². The number of halogens is 1. The van der Waals surface area contributed by atoms with Crippen LogP contribution in [-0.2, 0) is 9.59 Å². The molecule has 0 aliphatic carbocycles. The van der Waals surface area contributed by atoms with Crippen molar-refractivity contribution in [1.82, 2.24) is 0 Å². The molecule has 0 unspecified atom stereocenters. The second-order valence-electron chi connectivity index (χ2n) is 8.89. The van der Waals surface area contributed by atoms with E-state index in [9.17, 15) is 18.8 Å². The molecule has 6 rings (SSSR count). The number of hydrogen-bond donors (Lipinski definition) is 0. The lowest BCUT2D eigenvalue weighted by Crippen LogP contribution is -2.48. The number of hydrogen-bond acceptors (Lipinski definition) is 5. The number of fused-ring (bicyclic) bond motifs is 5. The molecule has 6 nitrogen and oxygen atoms in total. The van der Waals surface area contributed by atoms with E-state index in [4.69, 9.17) is 4.74 Å². The van der Waals surface area contributed by atoms with Gasteiger partial charge in [-0.05, 0) is 60.2 Å². The van der Waals surface area contributed by atoms with E-state index < -0.39 is 35.6 Å². The normalized spacial score (nSPS) is 24.3. The first-order valence-electron chi connectivity index (χ1n) is 11.4. The molecule has 0 spiro atoms. The van der Waals surface area contributed by atoms with Crippen molar-refractivity contribution in [1.29, 1.82) is 0 Å². The zero-order chi connectivity index (χ0) is 24.3.